The summed E-state index contributed by atoms with van der Waals surface area (Å²) in [5.41, 5.74) is 2.60. The molecule has 0 saturated heterocycles. The molecule has 184 valence electrons. The van der Waals surface area contributed by atoms with Crippen LogP contribution in [0.15, 0.2) is 77.7 Å². The zero-order chi connectivity index (χ0) is 25.2. The minimum atomic E-state index is -3.70. The number of anilines is 1. The summed E-state index contributed by atoms with van der Waals surface area (Å²) in [6.45, 7) is 6.12. The Hall–Kier alpha value is -3.32. The smallest absolute Gasteiger partial charge is 0.264 e. The van der Waals surface area contributed by atoms with E-state index in [1.165, 1.54) is 11.4 Å². The van der Waals surface area contributed by atoms with Crippen molar-refractivity contribution < 1.29 is 17.9 Å². The van der Waals surface area contributed by atoms with Crippen molar-refractivity contribution in [2.24, 2.45) is 0 Å². The third-order valence-corrected chi connectivity index (χ3v) is 8.76. The lowest BCUT2D eigenvalue weighted by Crippen LogP contribution is -2.44. The van der Waals surface area contributed by atoms with Crippen molar-refractivity contribution in [2.75, 3.05) is 11.4 Å². The quantitative estimate of drug-likeness (QED) is 0.464. The van der Waals surface area contributed by atoms with Crippen LogP contribution in [0.1, 0.15) is 60.6 Å². The molecule has 0 fully saturated rings. The van der Waals surface area contributed by atoms with E-state index in [2.05, 4.69) is 19.2 Å². The van der Waals surface area contributed by atoms with E-state index in [9.17, 15) is 13.2 Å². The minimum absolute atomic E-state index is 0.170. The molecule has 1 heterocycles. The van der Waals surface area contributed by atoms with Gasteiger partial charge < -0.3 is 10.1 Å². The summed E-state index contributed by atoms with van der Waals surface area (Å²) in [6, 6.07) is 21.0. The first kappa shape index (κ1) is 24.8. The number of para-hydroxylation sites is 1. The molecule has 0 saturated carbocycles. The highest BCUT2D eigenvalue weighted by atomic mass is 32.2. The third-order valence-electron chi connectivity index (χ3n) is 6.96. The first-order valence-electron chi connectivity index (χ1n) is 11.9. The Labute approximate surface area is 208 Å². The lowest BCUT2D eigenvalue weighted by Gasteiger charge is -2.41. The summed E-state index contributed by atoms with van der Waals surface area (Å²) in [4.78, 5) is 13.4. The van der Waals surface area contributed by atoms with Gasteiger partial charge in [-0.1, -0.05) is 49.7 Å². The van der Waals surface area contributed by atoms with E-state index >= 15 is 0 Å². The highest BCUT2D eigenvalue weighted by Crippen LogP contribution is 2.42. The van der Waals surface area contributed by atoms with Gasteiger partial charge in [0.1, 0.15) is 11.4 Å². The maximum atomic E-state index is 13.2. The summed E-state index contributed by atoms with van der Waals surface area (Å²) < 4.78 is 33.6. The molecule has 3 aromatic rings. The van der Waals surface area contributed by atoms with Crippen LogP contribution in [-0.2, 0) is 10.0 Å². The Morgan fingerprint density at radius 3 is 2.26 bits per heavy atom. The van der Waals surface area contributed by atoms with Gasteiger partial charge in [-0.05, 0) is 62.2 Å². The van der Waals surface area contributed by atoms with Crippen molar-refractivity contribution in [2.45, 2.75) is 56.6 Å². The lowest BCUT2D eigenvalue weighted by atomic mass is 9.83. The van der Waals surface area contributed by atoms with E-state index in [0.717, 1.165) is 29.7 Å². The molecule has 0 spiro atoms. The van der Waals surface area contributed by atoms with Gasteiger partial charge in [0.15, 0.2) is 0 Å². The Balaban J connectivity index is 1.53. The van der Waals surface area contributed by atoms with Crippen molar-refractivity contribution >= 4 is 21.6 Å². The normalized spacial score (nSPS) is 16.6. The average molecular weight is 493 g/mol. The van der Waals surface area contributed by atoms with E-state index < -0.39 is 10.0 Å². The molecule has 35 heavy (non-hydrogen) atoms. The maximum absolute atomic E-state index is 13.2. The SMILES string of the molecule is CCC1(CC)CC(NC(=O)c2ccc(N(C)S(=O)(=O)c3ccc(C)cc3)cc2)c2ccccc2O1. The van der Waals surface area contributed by atoms with Crippen molar-refractivity contribution in [1.82, 2.24) is 5.32 Å². The fourth-order valence-electron chi connectivity index (χ4n) is 4.50. The predicted octanol–water partition coefficient (Wildman–Crippen LogP) is 5.63. The molecule has 1 atom stereocenters. The zero-order valence-electron chi connectivity index (χ0n) is 20.6. The number of hydrogen-bond donors (Lipinski definition) is 1. The predicted molar refractivity (Wildman–Crippen MR) is 138 cm³/mol. The molecule has 0 radical (unpaired) electrons. The third kappa shape index (κ3) is 4.91. The summed E-state index contributed by atoms with van der Waals surface area (Å²) in [5, 5.41) is 3.17. The molecule has 6 nitrogen and oxygen atoms in total. The van der Waals surface area contributed by atoms with Crippen LogP contribution < -0.4 is 14.4 Å². The second kappa shape index (κ2) is 9.74. The van der Waals surface area contributed by atoms with Crippen LogP contribution in [-0.4, -0.2) is 27.0 Å². The van der Waals surface area contributed by atoms with Crippen molar-refractivity contribution in [1.29, 1.82) is 0 Å². The molecule has 1 N–H and O–H groups in total. The van der Waals surface area contributed by atoms with E-state index in [-0.39, 0.29) is 22.4 Å². The van der Waals surface area contributed by atoms with Crippen LogP contribution in [0.3, 0.4) is 0 Å². The zero-order valence-corrected chi connectivity index (χ0v) is 21.4. The van der Waals surface area contributed by atoms with Crippen LogP contribution in [0.5, 0.6) is 5.75 Å². The van der Waals surface area contributed by atoms with Gasteiger partial charge in [-0.3, -0.25) is 9.10 Å². The molecule has 1 aliphatic rings. The first-order valence-corrected chi connectivity index (χ1v) is 13.4. The number of carbonyl (C=O) groups is 1. The second-order valence-electron chi connectivity index (χ2n) is 9.09. The Kier molecular flexibility index (Phi) is 6.90. The van der Waals surface area contributed by atoms with Gasteiger partial charge in [0.25, 0.3) is 15.9 Å². The number of benzene rings is 3. The number of sulfonamides is 1. The topological polar surface area (TPSA) is 75.7 Å². The fourth-order valence-corrected chi connectivity index (χ4v) is 5.70. The Bertz CT molecular complexity index is 1300. The highest BCUT2D eigenvalue weighted by molar-refractivity contribution is 7.92. The van der Waals surface area contributed by atoms with Crippen LogP contribution in [0.4, 0.5) is 5.69 Å². The van der Waals surface area contributed by atoms with Gasteiger partial charge in [0, 0.05) is 24.6 Å². The van der Waals surface area contributed by atoms with Crippen LogP contribution in [0, 0.1) is 6.92 Å². The molecule has 1 unspecified atom stereocenters. The average Bonchev–Trinajstić information content (AvgIpc) is 2.88. The summed E-state index contributed by atoms with van der Waals surface area (Å²) in [5.74, 6) is 0.606. The van der Waals surface area contributed by atoms with Gasteiger partial charge >= 0.3 is 0 Å². The monoisotopic (exact) mass is 492 g/mol. The molecule has 1 aliphatic heterocycles. The maximum Gasteiger partial charge on any atom is 0.264 e. The number of aryl methyl sites for hydroxylation is 1. The number of amides is 1. The molecule has 7 heteroatoms. The van der Waals surface area contributed by atoms with Crippen LogP contribution in [0.2, 0.25) is 0 Å². The molecule has 0 aromatic heterocycles. The Morgan fingerprint density at radius 1 is 1.00 bits per heavy atom. The number of nitrogens with zero attached hydrogens (tertiary/aromatic N) is 1. The number of fused-ring (bicyclic) bond motifs is 1. The van der Waals surface area contributed by atoms with Gasteiger partial charge in [-0.15, -0.1) is 0 Å². The van der Waals surface area contributed by atoms with Crippen molar-refractivity contribution in [3.8, 4) is 5.75 Å². The molecule has 0 bridgehead atoms. The number of rotatable bonds is 7. The van der Waals surface area contributed by atoms with E-state index in [4.69, 9.17) is 4.74 Å². The summed E-state index contributed by atoms with van der Waals surface area (Å²) in [6.07, 6.45) is 2.39. The molecule has 3 aromatic carbocycles. The standard InChI is InChI=1S/C28H32N2O4S/c1-5-28(6-2)19-25(24-9-7-8-10-26(24)34-28)29-27(31)21-13-15-22(16-14-21)30(4)35(32,33)23-17-11-20(3)12-18-23/h7-18,25H,5-6,19H2,1-4H3,(H,29,31). The van der Waals surface area contributed by atoms with E-state index in [1.54, 1.807) is 48.5 Å². The second-order valence-corrected chi connectivity index (χ2v) is 11.1. The molecule has 1 amide bonds. The molecular weight excluding hydrogens is 460 g/mol. The molecule has 4 rings (SSSR count). The number of carbonyl (C=O) groups excluding carboxylic acids is 1. The fraction of sp³-hybridized carbons (Fsp3) is 0.321. The summed E-state index contributed by atoms with van der Waals surface area (Å²) >= 11 is 0. The van der Waals surface area contributed by atoms with Gasteiger partial charge in [-0.25, -0.2) is 8.42 Å². The molecular formula is C28H32N2O4S. The van der Waals surface area contributed by atoms with Crippen LogP contribution >= 0.6 is 0 Å². The summed E-state index contributed by atoms with van der Waals surface area (Å²) in [7, 11) is -2.19. The number of hydrogen-bond acceptors (Lipinski definition) is 4. The highest BCUT2D eigenvalue weighted by Gasteiger charge is 2.39. The van der Waals surface area contributed by atoms with E-state index in [0.29, 0.717) is 17.7 Å². The van der Waals surface area contributed by atoms with Gasteiger partial charge in [0.2, 0.25) is 0 Å². The van der Waals surface area contributed by atoms with Gasteiger partial charge in [0.05, 0.1) is 16.6 Å². The number of nitrogens with one attached hydrogen (secondary N) is 1. The molecule has 0 aliphatic carbocycles. The van der Waals surface area contributed by atoms with Crippen molar-refractivity contribution in [3.63, 3.8) is 0 Å². The first-order chi connectivity index (χ1) is 16.7. The Morgan fingerprint density at radius 2 is 1.63 bits per heavy atom. The van der Waals surface area contributed by atoms with E-state index in [1.807, 2.05) is 31.2 Å². The number of ether oxygens (including phenoxy) is 1. The lowest BCUT2D eigenvalue weighted by molar-refractivity contribution is 0.0227. The van der Waals surface area contributed by atoms with Crippen molar-refractivity contribution in [3.05, 3.63) is 89.5 Å². The largest absolute Gasteiger partial charge is 0.487 e. The van der Waals surface area contributed by atoms with Gasteiger partial charge in [-0.2, -0.15) is 0 Å². The minimum Gasteiger partial charge on any atom is -0.487 e. The van der Waals surface area contributed by atoms with Crippen LogP contribution in [0.25, 0.3) is 0 Å².